The summed E-state index contributed by atoms with van der Waals surface area (Å²) in [5.74, 6) is 0.480. The highest BCUT2D eigenvalue weighted by Crippen LogP contribution is 2.37. The lowest BCUT2D eigenvalue weighted by Crippen LogP contribution is -2.46. The van der Waals surface area contributed by atoms with Crippen LogP contribution in [0.15, 0.2) is 78.9 Å². The molecule has 2 heterocycles. The second-order valence-corrected chi connectivity index (χ2v) is 7.02. The van der Waals surface area contributed by atoms with Gasteiger partial charge in [0.25, 0.3) is 0 Å². The Kier molecular flexibility index (Phi) is 4.61. The minimum atomic E-state index is -0.234. The summed E-state index contributed by atoms with van der Waals surface area (Å²) in [6.07, 6.45) is 6.49. The summed E-state index contributed by atoms with van der Waals surface area (Å²) in [7, 11) is 0. The second kappa shape index (κ2) is 7.20. The van der Waals surface area contributed by atoms with Crippen LogP contribution >= 0.6 is 0 Å². The van der Waals surface area contributed by atoms with Crippen LogP contribution in [0.3, 0.4) is 0 Å². The molecule has 5 rings (SSSR count). The fourth-order valence-electron chi connectivity index (χ4n) is 3.79. The number of hydrogen-bond acceptors (Lipinski definition) is 2. The van der Waals surface area contributed by atoms with Crippen LogP contribution in [0.5, 0.6) is 0 Å². The van der Waals surface area contributed by atoms with E-state index in [1.54, 1.807) is 0 Å². The molecule has 0 N–H and O–H groups in total. The summed E-state index contributed by atoms with van der Waals surface area (Å²) in [5, 5.41) is 0. The SMILES string of the molecule is CC1C=CC2CN(C(=O)OCc3ccccc3)C1C=C2c1ccccc1. The number of nitrogens with zero attached hydrogens (tertiary/aromatic N) is 1. The van der Waals surface area contributed by atoms with E-state index < -0.39 is 0 Å². The van der Waals surface area contributed by atoms with Crippen molar-refractivity contribution in [3.05, 3.63) is 90.0 Å². The van der Waals surface area contributed by atoms with Gasteiger partial charge in [0.15, 0.2) is 0 Å². The van der Waals surface area contributed by atoms with E-state index in [4.69, 9.17) is 4.74 Å². The zero-order chi connectivity index (χ0) is 17.9. The van der Waals surface area contributed by atoms with Gasteiger partial charge in [0.2, 0.25) is 0 Å². The molecular weight excluding hydrogens is 322 g/mol. The van der Waals surface area contributed by atoms with Gasteiger partial charge in [0.05, 0.1) is 6.04 Å². The topological polar surface area (TPSA) is 29.5 Å². The lowest BCUT2D eigenvalue weighted by Gasteiger charge is -2.37. The molecule has 0 aromatic heterocycles. The minimum Gasteiger partial charge on any atom is -0.445 e. The quantitative estimate of drug-likeness (QED) is 0.740. The van der Waals surface area contributed by atoms with Crippen molar-refractivity contribution in [3.8, 4) is 0 Å². The van der Waals surface area contributed by atoms with Gasteiger partial charge in [-0.1, -0.05) is 85.8 Å². The van der Waals surface area contributed by atoms with Crippen LogP contribution in [0.1, 0.15) is 18.1 Å². The molecule has 0 saturated carbocycles. The molecule has 132 valence electrons. The average Bonchev–Trinajstić information content (AvgIpc) is 2.96. The van der Waals surface area contributed by atoms with Gasteiger partial charge < -0.3 is 9.64 Å². The van der Waals surface area contributed by atoms with Crippen LogP contribution < -0.4 is 0 Å². The number of carbonyl (C=O) groups is 1. The van der Waals surface area contributed by atoms with Crippen molar-refractivity contribution in [2.24, 2.45) is 11.8 Å². The Morgan fingerprint density at radius 3 is 2.46 bits per heavy atom. The molecule has 0 saturated heterocycles. The van der Waals surface area contributed by atoms with Crippen LogP contribution in [0.4, 0.5) is 4.79 Å². The molecule has 3 unspecified atom stereocenters. The molecule has 1 amide bonds. The van der Waals surface area contributed by atoms with Crippen molar-refractivity contribution >= 4 is 11.7 Å². The summed E-state index contributed by atoms with van der Waals surface area (Å²) in [4.78, 5) is 14.6. The van der Waals surface area contributed by atoms with Crippen LogP contribution in [-0.4, -0.2) is 23.6 Å². The van der Waals surface area contributed by atoms with Crippen molar-refractivity contribution in [2.75, 3.05) is 6.54 Å². The first-order valence-electron chi connectivity index (χ1n) is 9.15. The molecule has 2 aliphatic heterocycles. The lowest BCUT2D eigenvalue weighted by molar-refractivity contribution is 0.0795. The first-order valence-corrected chi connectivity index (χ1v) is 9.15. The van der Waals surface area contributed by atoms with Crippen molar-refractivity contribution in [1.29, 1.82) is 0 Å². The van der Waals surface area contributed by atoms with E-state index in [2.05, 4.69) is 49.4 Å². The monoisotopic (exact) mass is 345 g/mol. The lowest BCUT2D eigenvalue weighted by atomic mass is 9.87. The third-order valence-corrected chi connectivity index (χ3v) is 5.24. The Morgan fingerprint density at radius 2 is 1.73 bits per heavy atom. The second-order valence-electron chi connectivity index (χ2n) is 7.02. The number of rotatable bonds is 3. The van der Waals surface area contributed by atoms with Crippen LogP contribution in [0, 0.1) is 11.8 Å². The number of carbonyl (C=O) groups excluding carboxylic acids is 1. The van der Waals surface area contributed by atoms with Crippen molar-refractivity contribution < 1.29 is 9.53 Å². The molecule has 1 aliphatic carbocycles. The van der Waals surface area contributed by atoms with E-state index in [0.717, 1.165) is 5.56 Å². The van der Waals surface area contributed by atoms with Gasteiger partial charge in [-0.05, 0) is 22.6 Å². The maximum absolute atomic E-state index is 12.7. The molecule has 0 spiro atoms. The standard InChI is InChI=1S/C23H23NO2/c1-17-12-13-20-15-24(23(25)26-16-18-8-4-2-5-9-18)22(17)14-21(20)19-10-6-3-7-11-19/h2-14,17,20,22H,15-16H2,1H3. The molecule has 0 radical (unpaired) electrons. The summed E-state index contributed by atoms with van der Waals surface area (Å²) in [5.41, 5.74) is 3.55. The number of benzene rings is 2. The highest BCUT2D eigenvalue weighted by atomic mass is 16.6. The Bertz CT molecular complexity index is 826. The molecule has 3 aliphatic rings. The number of amides is 1. The van der Waals surface area contributed by atoms with Gasteiger partial charge in [0, 0.05) is 12.5 Å². The molecule has 2 aromatic carbocycles. The zero-order valence-electron chi connectivity index (χ0n) is 14.9. The molecule has 26 heavy (non-hydrogen) atoms. The van der Waals surface area contributed by atoms with Crippen LogP contribution in [0.25, 0.3) is 5.57 Å². The summed E-state index contributed by atoms with van der Waals surface area (Å²) in [6.45, 7) is 3.13. The maximum atomic E-state index is 12.7. The third-order valence-electron chi connectivity index (χ3n) is 5.24. The Labute approximate surface area is 154 Å². The fourth-order valence-corrected chi connectivity index (χ4v) is 3.79. The first kappa shape index (κ1) is 16.6. The largest absolute Gasteiger partial charge is 0.445 e. The van der Waals surface area contributed by atoms with Gasteiger partial charge in [0.1, 0.15) is 6.61 Å². The van der Waals surface area contributed by atoms with Crippen molar-refractivity contribution in [2.45, 2.75) is 19.6 Å². The molecule has 0 fully saturated rings. The van der Waals surface area contributed by atoms with E-state index in [9.17, 15) is 4.79 Å². The minimum absolute atomic E-state index is 0.0310. The fraction of sp³-hybridized carbons (Fsp3) is 0.261. The molecular formula is C23H23NO2. The molecule has 3 nitrogen and oxygen atoms in total. The zero-order valence-corrected chi connectivity index (χ0v) is 14.9. The van der Waals surface area contributed by atoms with Gasteiger partial charge in [-0.25, -0.2) is 4.79 Å². The first-order chi connectivity index (χ1) is 12.7. The molecule has 3 heteroatoms. The number of ether oxygens (including phenoxy) is 1. The van der Waals surface area contributed by atoms with E-state index in [1.165, 1.54) is 11.1 Å². The van der Waals surface area contributed by atoms with E-state index in [-0.39, 0.29) is 24.0 Å². The normalized spacial score (nSPS) is 24.1. The summed E-state index contributed by atoms with van der Waals surface area (Å²) in [6, 6.07) is 20.3. The average molecular weight is 345 g/mol. The molecule has 2 aromatic rings. The van der Waals surface area contributed by atoms with E-state index >= 15 is 0 Å². The Hall–Kier alpha value is -2.81. The predicted octanol–water partition coefficient (Wildman–Crippen LogP) is 4.91. The third kappa shape index (κ3) is 3.30. The van der Waals surface area contributed by atoms with Gasteiger partial charge in [-0.15, -0.1) is 0 Å². The number of hydrogen-bond donors (Lipinski definition) is 0. The smallest absolute Gasteiger partial charge is 0.410 e. The van der Waals surface area contributed by atoms with Crippen LogP contribution in [-0.2, 0) is 11.3 Å². The van der Waals surface area contributed by atoms with E-state index in [0.29, 0.717) is 13.2 Å². The van der Waals surface area contributed by atoms with Crippen molar-refractivity contribution in [1.82, 2.24) is 4.90 Å². The molecule has 3 atom stereocenters. The Morgan fingerprint density at radius 1 is 1.04 bits per heavy atom. The van der Waals surface area contributed by atoms with E-state index in [1.807, 2.05) is 41.3 Å². The summed E-state index contributed by atoms with van der Waals surface area (Å²) >= 11 is 0. The highest BCUT2D eigenvalue weighted by Gasteiger charge is 2.37. The van der Waals surface area contributed by atoms with Crippen molar-refractivity contribution in [3.63, 3.8) is 0 Å². The van der Waals surface area contributed by atoms with Gasteiger partial charge in [-0.3, -0.25) is 0 Å². The predicted molar refractivity (Wildman–Crippen MR) is 103 cm³/mol. The van der Waals surface area contributed by atoms with Gasteiger partial charge in [-0.2, -0.15) is 0 Å². The van der Waals surface area contributed by atoms with Gasteiger partial charge >= 0.3 is 6.09 Å². The van der Waals surface area contributed by atoms with Crippen LogP contribution in [0.2, 0.25) is 0 Å². The maximum Gasteiger partial charge on any atom is 0.410 e. The highest BCUT2D eigenvalue weighted by molar-refractivity contribution is 5.76. The Balaban J connectivity index is 1.54. The summed E-state index contributed by atoms with van der Waals surface area (Å²) < 4.78 is 5.59. The number of fused-ring (bicyclic) bond motifs is 2. The molecule has 2 bridgehead atoms.